The molecule has 3 nitrogen and oxygen atoms in total. The van der Waals surface area contributed by atoms with Crippen LogP contribution in [0.15, 0.2) is 59.3 Å². The van der Waals surface area contributed by atoms with E-state index in [2.05, 4.69) is 63.6 Å². The molecule has 0 aliphatic carbocycles. The first kappa shape index (κ1) is 14.3. The van der Waals surface area contributed by atoms with Crippen molar-refractivity contribution < 1.29 is 0 Å². The minimum atomic E-state index is 0.258. The van der Waals surface area contributed by atoms with E-state index in [9.17, 15) is 0 Å². The number of hydrogen-bond donors (Lipinski definition) is 1. The van der Waals surface area contributed by atoms with Gasteiger partial charge in [0.2, 0.25) is 0 Å². The normalized spacial score (nSPS) is 12.7. The summed E-state index contributed by atoms with van der Waals surface area (Å²) in [4.78, 5) is 0. The van der Waals surface area contributed by atoms with Crippen LogP contribution in [0.5, 0.6) is 0 Å². The van der Waals surface area contributed by atoms with Crippen molar-refractivity contribution in [2.24, 2.45) is 0 Å². The Morgan fingerprint density at radius 3 is 2.81 bits per heavy atom. The van der Waals surface area contributed by atoms with Gasteiger partial charge in [-0.15, -0.1) is 0 Å². The molecular formula is C17H18BrN3. The summed E-state index contributed by atoms with van der Waals surface area (Å²) >= 11 is 3.64. The van der Waals surface area contributed by atoms with E-state index in [0.29, 0.717) is 0 Å². The van der Waals surface area contributed by atoms with Crippen molar-refractivity contribution in [2.45, 2.75) is 19.4 Å². The highest BCUT2D eigenvalue weighted by Crippen LogP contribution is 2.26. The van der Waals surface area contributed by atoms with Crippen molar-refractivity contribution in [1.82, 2.24) is 14.9 Å². The Kier molecular flexibility index (Phi) is 4.36. The minimum absolute atomic E-state index is 0.258. The lowest BCUT2D eigenvalue weighted by molar-refractivity contribution is 0.552. The Bertz CT molecular complexity index is 735. The molecule has 108 valence electrons. The van der Waals surface area contributed by atoms with Crippen LogP contribution >= 0.6 is 15.9 Å². The Labute approximate surface area is 133 Å². The van der Waals surface area contributed by atoms with Crippen molar-refractivity contribution >= 4 is 21.4 Å². The Morgan fingerprint density at radius 1 is 1.19 bits per heavy atom. The first-order chi connectivity index (χ1) is 10.3. The number of halogens is 1. The maximum absolute atomic E-state index is 4.45. The van der Waals surface area contributed by atoms with Gasteiger partial charge in [0, 0.05) is 22.3 Å². The number of benzene rings is 1. The summed E-state index contributed by atoms with van der Waals surface area (Å²) in [6, 6.07) is 14.8. The second-order valence-electron chi connectivity index (χ2n) is 5.04. The van der Waals surface area contributed by atoms with E-state index in [-0.39, 0.29) is 6.04 Å². The molecule has 0 radical (unpaired) electrons. The van der Waals surface area contributed by atoms with Crippen molar-refractivity contribution in [2.75, 3.05) is 6.54 Å². The van der Waals surface area contributed by atoms with E-state index in [1.54, 1.807) is 0 Å². The monoisotopic (exact) mass is 343 g/mol. The second-order valence-corrected chi connectivity index (χ2v) is 5.89. The number of fused-ring (bicyclic) bond motifs is 1. The molecular weight excluding hydrogens is 326 g/mol. The van der Waals surface area contributed by atoms with Crippen LogP contribution in [0.25, 0.3) is 5.52 Å². The molecule has 0 amide bonds. The first-order valence-electron chi connectivity index (χ1n) is 7.18. The topological polar surface area (TPSA) is 29.3 Å². The standard InChI is InChI=1S/C17H18BrN3/c1-2-19-16(11-13-7-3-4-8-15(13)18)14-12-20-21-10-6-5-9-17(14)21/h3-10,12,16,19H,2,11H2,1H3. The molecule has 0 spiro atoms. The highest BCUT2D eigenvalue weighted by atomic mass is 79.9. The quantitative estimate of drug-likeness (QED) is 0.758. The van der Waals surface area contributed by atoms with Crippen LogP contribution in [0.4, 0.5) is 0 Å². The fourth-order valence-electron chi connectivity index (χ4n) is 2.65. The van der Waals surface area contributed by atoms with Crippen LogP contribution in [0.1, 0.15) is 24.1 Å². The highest BCUT2D eigenvalue weighted by molar-refractivity contribution is 9.10. The van der Waals surface area contributed by atoms with Crippen molar-refractivity contribution in [3.05, 3.63) is 70.5 Å². The summed E-state index contributed by atoms with van der Waals surface area (Å²) in [6.07, 6.45) is 4.89. The minimum Gasteiger partial charge on any atom is -0.310 e. The maximum Gasteiger partial charge on any atom is 0.0709 e. The molecule has 0 fully saturated rings. The van der Waals surface area contributed by atoms with Crippen LogP contribution in [-0.4, -0.2) is 16.2 Å². The van der Waals surface area contributed by atoms with Crippen molar-refractivity contribution in [3.63, 3.8) is 0 Å². The fraction of sp³-hybridized carbons (Fsp3) is 0.235. The van der Waals surface area contributed by atoms with Gasteiger partial charge in [-0.05, 0) is 36.7 Å². The SMILES string of the molecule is CCNC(Cc1ccccc1Br)c1cnn2ccccc12. The summed E-state index contributed by atoms with van der Waals surface area (Å²) < 4.78 is 3.09. The highest BCUT2D eigenvalue weighted by Gasteiger charge is 2.17. The molecule has 0 saturated heterocycles. The molecule has 3 rings (SSSR count). The number of pyridine rings is 1. The Balaban J connectivity index is 1.96. The van der Waals surface area contributed by atoms with E-state index in [1.807, 2.05) is 29.0 Å². The fourth-order valence-corrected chi connectivity index (χ4v) is 3.09. The van der Waals surface area contributed by atoms with Crippen molar-refractivity contribution in [1.29, 1.82) is 0 Å². The predicted octanol–water partition coefficient (Wildman–Crippen LogP) is 3.99. The van der Waals surface area contributed by atoms with Gasteiger partial charge < -0.3 is 5.32 Å². The zero-order valence-corrected chi connectivity index (χ0v) is 13.5. The molecule has 0 bridgehead atoms. The first-order valence-corrected chi connectivity index (χ1v) is 7.98. The van der Waals surface area contributed by atoms with Crippen LogP contribution in [-0.2, 0) is 6.42 Å². The van der Waals surface area contributed by atoms with E-state index in [4.69, 9.17) is 0 Å². The molecule has 2 aromatic heterocycles. The number of nitrogens with zero attached hydrogens (tertiary/aromatic N) is 2. The molecule has 0 aliphatic heterocycles. The predicted molar refractivity (Wildman–Crippen MR) is 89.5 cm³/mol. The molecule has 1 aromatic carbocycles. The Hall–Kier alpha value is -1.65. The number of hydrogen-bond acceptors (Lipinski definition) is 2. The van der Waals surface area contributed by atoms with E-state index < -0.39 is 0 Å². The second kappa shape index (κ2) is 6.41. The van der Waals surface area contributed by atoms with E-state index in [0.717, 1.165) is 23.0 Å². The molecule has 1 atom stereocenters. The molecule has 1 unspecified atom stereocenters. The van der Waals surface area contributed by atoms with Gasteiger partial charge in [0.15, 0.2) is 0 Å². The lowest BCUT2D eigenvalue weighted by Gasteiger charge is -2.18. The average molecular weight is 344 g/mol. The summed E-state index contributed by atoms with van der Waals surface area (Å²) in [5.74, 6) is 0. The molecule has 21 heavy (non-hydrogen) atoms. The number of aromatic nitrogens is 2. The van der Waals surface area contributed by atoms with Gasteiger partial charge >= 0.3 is 0 Å². The van der Waals surface area contributed by atoms with Crippen LogP contribution < -0.4 is 5.32 Å². The van der Waals surface area contributed by atoms with Crippen LogP contribution in [0.3, 0.4) is 0 Å². The summed E-state index contributed by atoms with van der Waals surface area (Å²) in [5, 5.41) is 8.03. The lowest BCUT2D eigenvalue weighted by Crippen LogP contribution is -2.23. The number of rotatable bonds is 5. The van der Waals surface area contributed by atoms with Gasteiger partial charge in [-0.2, -0.15) is 5.10 Å². The van der Waals surface area contributed by atoms with E-state index in [1.165, 1.54) is 11.1 Å². The third kappa shape index (κ3) is 3.01. The maximum atomic E-state index is 4.45. The Morgan fingerprint density at radius 2 is 2.00 bits per heavy atom. The van der Waals surface area contributed by atoms with Gasteiger partial charge in [-0.25, -0.2) is 4.52 Å². The van der Waals surface area contributed by atoms with Gasteiger partial charge in [-0.1, -0.05) is 47.1 Å². The summed E-state index contributed by atoms with van der Waals surface area (Å²) in [5.41, 5.74) is 3.71. The smallest absolute Gasteiger partial charge is 0.0709 e. The largest absolute Gasteiger partial charge is 0.310 e. The summed E-state index contributed by atoms with van der Waals surface area (Å²) in [6.45, 7) is 3.07. The molecule has 0 saturated carbocycles. The van der Waals surface area contributed by atoms with Crippen LogP contribution in [0, 0.1) is 0 Å². The number of nitrogens with one attached hydrogen (secondary N) is 1. The van der Waals surface area contributed by atoms with Gasteiger partial charge in [0.05, 0.1) is 11.7 Å². The molecule has 4 heteroatoms. The average Bonchev–Trinajstić information content (AvgIpc) is 2.93. The zero-order valence-electron chi connectivity index (χ0n) is 12.0. The molecule has 1 N–H and O–H groups in total. The van der Waals surface area contributed by atoms with Crippen LogP contribution in [0.2, 0.25) is 0 Å². The lowest BCUT2D eigenvalue weighted by atomic mass is 10.00. The molecule has 2 heterocycles. The van der Waals surface area contributed by atoms with Crippen molar-refractivity contribution in [3.8, 4) is 0 Å². The summed E-state index contributed by atoms with van der Waals surface area (Å²) in [7, 11) is 0. The zero-order chi connectivity index (χ0) is 14.7. The van der Waals surface area contributed by atoms with Gasteiger partial charge in [0.1, 0.15) is 0 Å². The van der Waals surface area contributed by atoms with Gasteiger partial charge in [0.25, 0.3) is 0 Å². The van der Waals surface area contributed by atoms with Gasteiger partial charge in [-0.3, -0.25) is 0 Å². The number of likely N-dealkylation sites (N-methyl/N-ethyl adjacent to an activating group) is 1. The third-order valence-electron chi connectivity index (χ3n) is 3.66. The third-order valence-corrected chi connectivity index (χ3v) is 4.44. The molecule has 0 aliphatic rings. The van der Waals surface area contributed by atoms with E-state index >= 15 is 0 Å². The molecule has 3 aromatic rings.